The highest BCUT2D eigenvalue weighted by atomic mass is 16.6. The zero-order valence-electron chi connectivity index (χ0n) is 44.0. The van der Waals surface area contributed by atoms with Gasteiger partial charge in [-0.2, -0.15) is 0 Å². The molecule has 0 aliphatic heterocycles. The van der Waals surface area contributed by atoms with Crippen LogP contribution in [0.3, 0.4) is 0 Å². The Balaban J connectivity index is 4.36. The van der Waals surface area contributed by atoms with Crippen LogP contribution in [0.2, 0.25) is 0 Å². The van der Waals surface area contributed by atoms with Crippen LogP contribution < -0.4 is 0 Å². The van der Waals surface area contributed by atoms with E-state index in [0.29, 0.717) is 19.3 Å². The molecule has 0 amide bonds. The first kappa shape index (κ1) is 63.4. The molecule has 0 radical (unpaired) electrons. The molecule has 0 aliphatic carbocycles. The van der Waals surface area contributed by atoms with Crippen LogP contribution in [0.4, 0.5) is 0 Å². The minimum absolute atomic E-state index is 0.0905. The summed E-state index contributed by atoms with van der Waals surface area (Å²) in [5.74, 6) is -0.959. The zero-order chi connectivity index (χ0) is 47.9. The zero-order valence-corrected chi connectivity index (χ0v) is 44.0. The highest BCUT2D eigenvalue weighted by Crippen LogP contribution is 2.17. The van der Waals surface area contributed by atoms with Crippen molar-refractivity contribution in [3.05, 3.63) is 48.6 Å². The van der Waals surface area contributed by atoms with E-state index in [2.05, 4.69) is 63.3 Å². The molecule has 0 saturated carbocycles. The van der Waals surface area contributed by atoms with E-state index in [1.807, 2.05) is 6.08 Å². The second-order valence-electron chi connectivity index (χ2n) is 19.2. The average Bonchev–Trinajstić information content (AvgIpc) is 3.31. The number of rotatable bonds is 52. The molecule has 384 valence electrons. The molecule has 6 nitrogen and oxygen atoms in total. The molecule has 0 aromatic heterocycles. The highest BCUT2D eigenvalue weighted by molar-refractivity contribution is 5.71. The topological polar surface area (TPSA) is 78.9 Å². The van der Waals surface area contributed by atoms with Gasteiger partial charge >= 0.3 is 17.9 Å². The third-order valence-corrected chi connectivity index (χ3v) is 12.6. The molecular formula is C60H108O6. The van der Waals surface area contributed by atoms with Gasteiger partial charge in [0.05, 0.1) is 0 Å². The predicted octanol–water partition coefficient (Wildman–Crippen LogP) is 19.0. The number of allylic oxidation sites excluding steroid dienone is 8. The third-order valence-electron chi connectivity index (χ3n) is 12.6. The molecular weight excluding hydrogens is 817 g/mol. The largest absolute Gasteiger partial charge is 0.462 e. The maximum atomic E-state index is 12.8. The third kappa shape index (κ3) is 52.3. The maximum absolute atomic E-state index is 12.8. The summed E-state index contributed by atoms with van der Waals surface area (Å²) in [6, 6.07) is 0. The molecule has 6 heteroatoms. The molecule has 0 aromatic rings. The first-order valence-electron chi connectivity index (χ1n) is 28.6. The molecule has 66 heavy (non-hydrogen) atoms. The van der Waals surface area contributed by atoms with Crippen molar-refractivity contribution < 1.29 is 28.6 Å². The van der Waals surface area contributed by atoms with Crippen LogP contribution in [-0.4, -0.2) is 37.2 Å². The number of carbonyl (C=O) groups excluding carboxylic acids is 3. The Labute approximate surface area is 409 Å². The van der Waals surface area contributed by atoms with Crippen molar-refractivity contribution >= 4 is 17.9 Å². The Kier molecular flexibility index (Phi) is 52.8. The fourth-order valence-corrected chi connectivity index (χ4v) is 8.34. The summed E-state index contributed by atoms with van der Waals surface area (Å²) in [7, 11) is 0. The van der Waals surface area contributed by atoms with Gasteiger partial charge in [0.2, 0.25) is 0 Å². The first-order valence-corrected chi connectivity index (χ1v) is 28.6. The summed E-state index contributed by atoms with van der Waals surface area (Å²) >= 11 is 0. The van der Waals surface area contributed by atoms with Crippen molar-refractivity contribution in [3.63, 3.8) is 0 Å². The van der Waals surface area contributed by atoms with Gasteiger partial charge in [-0.1, -0.05) is 281 Å². The number of hydrogen-bond acceptors (Lipinski definition) is 6. The van der Waals surface area contributed by atoms with Gasteiger partial charge in [0, 0.05) is 19.3 Å². The van der Waals surface area contributed by atoms with E-state index in [0.717, 1.165) is 64.2 Å². The second-order valence-corrected chi connectivity index (χ2v) is 19.2. The molecule has 1 atom stereocenters. The van der Waals surface area contributed by atoms with Crippen LogP contribution in [0, 0.1) is 0 Å². The lowest BCUT2D eigenvalue weighted by Crippen LogP contribution is -2.30. The number of unbranched alkanes of at least 4 members (excludes halogenated alkanes) is 33. The van der Waals surface area contributed by atoms with Crippen LogP contribution in [0.25, 0.3) is 0 Å². The molecule has 0 saturated heterocycles. The van der Waals surface area contributed by atoms with E-state index in [1.54, 1.807) is 0 Å². The minimum atomic E-state index is -0.797. The molecule has 0 fully saturated rings. The molecule has 0 aliphatic rings. The highest BCUT2D eigenvalue weighted by Gasteiger charge is 2.19. The number of esters is 3. The van der Waals surface area contributed by atoms with Gasteiger partial charge in [0.1, 0.15) is 13.2 Å². The minimum Gasteiger partial charge on any atom is -0.462 e. The summed E-state index contributed by atoms with van der Waals surface area (Å²) in [5.41, 5.74) is 0. The molecule has 0 aromatic carbocycles. The fourth-order valence-electron chi connectivity index (χ4n) is 8.34. The predicted molar refractivity (Wildman–Crippen MR) is 284 cm³/mol. The summed E-state index contributed by atoms with van der Waals surface area (Å²) in [5, 5.41) is 0. The Morgan fingerprint density at radius 1 is 0.318 bits per heavy atom. The number of hydrogen-bond donors (Lipinski definition) is 0. The van der Waals surface area contributed by atoms with Gasteiger partial charge in [-0.05, 0) is 44.9 Å². The second kappa shape index (κ2) is 55.0. The average molecular weight is 926 g/mol. The SMILES string of the molecule is CC/C=C\C/C=C\C/C=C\C/C=C\CCC(=O)OCC(COC(=O)CCCCCCCCCCCCCCCCCCCCC)OC(=O)CCCCCCCCCCCCCCCCCC. The summed E-state index contributed by atoms with van der Waals surface area (Å²) in [6.07, 6.45) is 66.9. The van der Waals surface area contributed by atoms with Gasteiger partial charge < -0.3 is 14.2 Å². The van der Waals surface area contributed by atoms with Gasteiger partial charge in [-0.25, -0.2) is 0 Å². The van der Waals surface area contributed by atoms with Crippen LogP contribution in [0.15, 0.2) is 48.6 Å². The molecule has 0 bridgehead atoms. The number of ether oxygens (including phenoxy) is 3. The van der Waals surface area contributed by atoms with E-state index < -0.39 is 6.10 Å². The monoisotopic (exact) mass is 925 g/mol. The van der Waals surface area contributed by atoms with Crippen LogP contribution >= 0.6 is 0 Å². The van der Waals surface area contributed by atoms with Crippen LogP contribution in [0.1, 0.15) is 297 Å². The quantitative estimate of drug-likeness (QED) is 0.0262. The normalized spacial score (nSPS) is 12.3. The fraction of sp³-hybridized carbons (Fsp3) is 0.817. The lowest BCUT2D eigenvalue weighted by atomic mass is 10.0. The van der Waals surface area contributed by atoms with Crippen molar-refractivity contribution in [1.82, 2.24) is 0 Å². The van der Waals surface area contributed by atoms with Crippen LogP contribution in [0.5, 0.6) is 0 Å². The van der Waals surface area contributed by atoms with Gasteiger partial charge in [0.15, 0.2) is 6.10 Å². The van der Waals surface area contributed by atoms with E-state index in [1.165, 1.54) is 186 Å². The van der Waals surface area contributed by atoms with Crippen molar-refractivity contribution in [2.75, 3.05) is 13.2 Å². The molecule has 1 unspecified atom stereocenters. The van der Waals surface area contributed by atoms with Gasteiger partial charge in [0.25, 0.3) is 0 Å². The van der Waals surface area contributed by atoms with Crippen molar-refractivity contribution in [1.29, 1.82) is 0 Å². The van der Waals surface area contributed by atoms with Crippen molar-refractivity contribution in [3.8, 4) is 0 Å². The molecule has 0 rings (SSSR count). The van der Waals surface area contributed by atoms with E-state index in [-0.39, 0.29) is 37.5 Å². The van der Waals surface area contributed by atoms with Crippen LogP contribution in [-0.2, 0) is 28.6 Å². The summed E-state index contributed by atoms with van der Waals surface area (Å²) in [6.45, 7) is 6.50. The summed E-state index contributed by atoms with van der Waals surface area (Å²) < 4.78 is 16.8. The van der Waals surface area contributed by atoms with E-state index >= 15 is 0 Å². The molecule has 0 N–H and O–H groups in total. The van der Waals surface area contributed by atoms with Crippen molar-refractivity contribution in [2.45, 2.75) is 303 Å². The summed E-state index contributed by atoms with van der Waals surface area (Å²) in [4.78, 5) is 38.1. The maximum Gasteiger partial charge on any atom is 0.306 e. The Morgan fingerprint density at radius 2 is 0.591 bits per heavy atom. The number of carbonyl (C=O) groups is 3. The lowest BCUT2D eigenvalue weighted by Gasteiger charge is -2.18. The Bertz CT molecular complexity index is 1150. The smallest absolute Gasteiger partial charge is 0.306 e. The van der Waals surface area contributed by atoms with Gasteiger partial charge in [-0.15, -0.1) is 0 Å². The standard InChI is InChI=1S/C60H108O6/c1-4-7-10-13-16-19-22-25-27-29-30-31-33-35-38-41-44-47-50-53-59(62)65-56-57(55-64-58(61)52-49-46-43-40-37-34-24-21-18-15-12-9-6-3)66-60(63)54-51-48-45-42-39-36-32-28-26-23-20-17-14-11-8-5-2/h9,12,18,21,34,37,43,46,57H,4-8,10-11,13-17,19-20,22-33,35-36,38-42,44-45,47-56H2,1-3H3/b12-9-,21-18-,37-34-,46-43-. The van der Waals surface area contributed by atoms with E-state index in [9.17, 15) is 14.4 Å². The first-order chi connectivity index (χ1) is 32.5. The van der Waals surface area contributed by atoms with Gasteiger partial charge in [-0.3, -0.25) is 14.4 Å². The lowest BCUT2D eigenvalue weighted by molar-refractivity contribution is -0.166. The Morgan fingerprint density at radius 3 is 0.924 bits per heavy atom. The van der Waals surface area contributed by atoms with Crippen molar-refractivity contribution in [2.24, 2.45) is 0 Å². The molecule has 0 heterocycles. The molecule has 0 spiro atoms. The Hall–Kier alpha value is -2.63. The van der Waals surface area contributed by atoms with E-state index in [4.69, 9.17) is 14.2 Å².